The van der Waals surface area contributed by atoms with E-state index in [0.717, 1.165) is 42.0 Å². The van der Waals surface area contributed by atoms with Crippen LogP contribution in [0.3, 0.4) is 0 Å². The molecule has 0 aromatic carbocycles. The van der Waals surface area contributed by atoms with Crippen molar-refractivity contribution in [3.05, 3.63) is 5.01 Å². The highest BCUT2D eigenvalue weighted by Crippen LogP contribution is 2.60. The maximum Gasteiger partial charge on any atom is 0.226 e. The van der Waals surface area contributed by atoms with E-state index in [4.69, 9.17) is 0 Å². The molecule has 7 heteroatoms. The van der Waals surface area contributed by atoms with Gasteiger partial charge in [0.2, 0.25) is 16.9 Å². The molecule has 6 nitrogen and oxygen atoms in total. The van der Waals surface area contributed by atoms with E-state index in [9.17, 15) is 9.59 Å². The number of nitrogens with zero attached hydrogens (tertiary/aromatic N) is 2. The van der Waals surface area contributed by atoms with Crippen LogP contribution < -0.4 is 10.6 Å². The molecule has 1 heterocycles. The standard InChI is InChI=1S/C20H28N4O2S/c25-16(22-19-24-23-17(27-19)15-3-4-15)2-1-5-21-18(26)20-9-12-6-13(10-20)8-14(7-12)11-20/h12-15H,1-11H2,(H,21,26)(H,22,24,25). The average molecular weight is 389 g/mol. The second-order valence-electron chi connectivity index (χ2n) is 9.33. The van der Waals surface area contributed by atoms with Crippen molar-refractivity contribution in [1.29, 1.82) is 0 Å². The van der Waals surface area contributed by atoms with Gasteiger partial charge in [-0.25, -0.2) is 0 Å². The number of carbonyl (C=O) groups excluding carboxylic acids is 2. The first-order valence-corrected chi connectivity index (χ1v) is 11.3. The van der Waals surface area contributed by atoms with Crippen molar-refractivity contribution >= 4 is 28.3 Å². The molecule has 4 bridgehead atoms. The van der Waals surface area contributed by atoms with Crippen molar-refractivity contribution < 1.29 is 9.59 Å². The Bertz CT molecular complexity index is 707. The average Bonchev–Trinajstić information content (AvgIpc) is 3.37. The third-order valence-electron chi connectivity index (χ3n) is 7.00. The first kappa shape index (κ1) is 17.6. The molecule has 0 unspecified atom stereocenters. The smallest absolute Gasteiger partial charge is 0.226 e. The summed E-state index contributed by atoms with van der Waals surface area (Å²) in [7, 11) is 0. The van der Waals surface area contributed by atoms with Crippen LogP contribution in [-0.2, 0) is 9.59 Å². The highest BCUT2D eigenvalue weighted by Gasteiger charge is 2.54. The van der Waals surface area contributed by atoms with Crippen LogP contribution in [-0.4, -0.2) is 28.6 Å². The SMILES string of the molecule is O=C(CCCNC(=O)C12CC3CC(CC(C3)C1)C2)Nc1nnc(C2CC2)s1. The Labute approximate surface area is 163 Å². The highest BCUT2D eigenvalue weighted by atomic mass is 32.1. The monoisotopic (exact) mass is 388 g/mol. The summed E-state index contributed by atoms with van der Waals surface area (Å²) in [5.74, 6) is 3.10. The summed E-state index contributed by atoms with van der Waals surface area (Å²) in [6.45, 7) is 0.581. The fourth-order valence-electron chi connectivity index (χ4n) is 5.99. The molecular weight excluding hydrogens is 360 g/mol. The van der Waals surface area contributed by atoms with Crippen molar-refractivity contribution in [2.45, 2.75) is 70.1 Å². The molecule has 5 aliphatic carbocycles. The Morgan fingerprint density at radius 3 is 2.33 bits per heavy atom. The van der Waals surface area contributed by atoms with Crippen molar-refractivity contribution in [2.75, 3.05) is 11.9 Å². The number of rotatable bonds is 7. The fraction of sp³-hybridized carbons (Fsp3) is 0.800. The maximum atomic E-state index is 12.9. The maximum absolute atomic E-state index is 12.9. The molecule has 5 saturated carbocycles. The molecule has 146 valence electrons. The third kappa shape index (κ3) is 3.62. The van der Waals surface area contributed by atoms with Gasteiger partial charge < -0.3 is 10.6 Å². The molecule has 6 rings (SSSR count). The Morgan fingerprint density at radius 1 is 1.04 bits per heavy atom. The van der Waals surface area contributed by atoms with E-state index in [1.807, 2.05) is 0 Å². The van der Waals surface area contributed by atoms with Gasteiger partial charge in [-0.1, -0.05) is 11.3 Å². The summed E-state index contributed by atoms with van der Waals surface area (Å²) in [6.07, 6.45) is 10.8. The largest absolute Gasteiger partial charge is 0.356 e. The highest BCUT2D eigenvalue weighted by molar-refractivity contribution is 7.15. The number of anilines is 1. The Balaban J connectivity index is 1.05. The number of hydrogen-bond donors (Lipinski definition) is 2. The van der Waals surface area contributed by atoms with Gasteiger partial charge in [0.05, 0.1) is 0 Å². The Kier molecular flexibility index (Phi) is 4.45. The minimum atomic E-state index is -0.0945. The van der Waals surface area contributed by atoms with Gasteiger partial charge in [0.25, 0.3) is 0 Å². The lowest BCUT2D eigenvalue weighted by Crippen LogP contribution is -2.53. The molecule has 2 amide bonds. The summed E-state index contributed by atoms with van der Waals surface area (Å²) in [4.78, 5) is 25.0. The van der Waals surface area contributed by atoms with E-state index in [-0.39, 0.29) is 17.2 Å². The van der Waals surface area contributed by atoms with Gasteiger partial charge >= 0.3 is 0 Å². The lowest BCUT2D eigenvalue weighted by Gasteiger charge is -2.55. The molecular formula is C20H28N4O2S. The van der Waals surface area contributed by atoms with Gasteiger partial charge in [-0.15, -0.1) is 10.2 Å². The summed E-state index contributed by atoms with van der Waals surface area (Å²) in [6, 6.07) is 0. The normalized spacial score (nSPS) is 33.9. The van der Waals surface area contributed by atoms with Gasteiger partial charge in [0.1, 0.15) is 5.01 Å². The summed E-state index contributed by atoms with van der Waals surface area (Å²) < 4.78 is 0. The number of nitrogens with one attached hydrogen (secondary N) is 2. The molecule has 1 aromatic heterocycles. The summed E-state index contributed by atoms with van der Waals surface area (Å²) >= 11 is 1.48. The van der Waals surface area contributed by atoms with Crippen LogP contribution in [0.2, 0.25) is 0 Å². The molecule has 0 atom stereocenters. The zero-order valence-corrected chi connectivity index (χ0v) is 16.5. The zero-order valence-electron chi connectivity index (χ0n) is 15.7. The quantitative estimate of drug-likeness (QED) is 0.701. The van der Waals surface area contributed by atoms with Crippen LogP contribution in [0.25, 0.3) is 0 Å². The van der Waals surface area contributed by atoms with Crippen LogP contribution >= 0.6 is 11.3 Å². The number of hydrogen-bond acceptors (Lipinski definition) is 5. The molecule has 0 aliphatic heterocycles. The second kappa shape index (κ2) is 6.83. The topological polar surface area (TPSA) is 84.0 Å². The molecule has 5 fully saturated rings. The molecule has 0 saturated heterocycles. The van der Waals surface area contributed by atoms with E-state index in [1.54, 1.807) is 0 Å². The minimum Gasteiger partial charge on any atom is -0.356 e. The van der Waals surface area contributed by atoms with Gasteiger partial charge in [-0.2, -0.15) is 0 Å². The van der Waals surface area contributed by atoms with Crippen molar-refractivity contribution in [3.8, 4) is 0 Å². The first-order chi connectivity index (χ1) is 13.1. The molecule has 0 spiro atoms. The van der Waals surface area contributed by atoms with E-state index in [0.29, 0.717) is 30.4 Å². The van der Waals surface area contributed by atoms with Gasteiger partial charge in [-0.3, -0.25) is 9.59 Å². The lowest BCUT2D eigenvalue weighted by molar-refractivity contribution is -0.146. The molecule has 2 N–H and O–H groups in total. The molecule has 1 aromatic rings. The van der Waals surface area contributed by atoms with Crippen molar-refractivity contribution in [1.82, 2.24) is 15.5 Å². The summed E-state index contributed by atoms with van der Waals surface area (Å²) in [5.41, 5.74) is -0.0945. The van der Waals surface area contributed by atoms with E-state index in [1.165, 1.54) is 43.4 Å². The number of aromatic nitrogens is 2. The predicted molar refractivity (Wildman–Crippen MR) is 103 cm³/mol. The Hall–Kier alpha value is -1.50. The van der Waals surface area contributed by atoms with Crippen LogP contribution in [0.5, 0.6) is 0 Å². The number of amides is 2. The van der Waals surface area contributed by atoms with Gasteiger partial charge in [0, 0.05) is 24.3 Å². The second-order valence-corrected chi connectivity index (χ2v) is 10.3. The van der Waals surface area contributed by atoms with Crippen LogP contribution in [0, 0.1) is 23.2 Å². The number of carbonyl (C=O) groups is 2. The molecule has 0 radical (unpaired) electrons. The predicted octanol–water partition coefficient (Wildman–Crippen LogP) is 3.47. The third-order valence-corrected chi connectivity index (χ3v) is 8.00. The minimum absolute atomic E-state index is 0.0439. The van der Waals surface area contributed by atoms with Crippen LogP contribution in [0.1, 0.15) is 75.1 Å². The summed E-state index contributed by atoms with van der Waals surface area (Å²) in [5, 5.41) is 15.8. The van der Waals surface area contributed by atoms with Crippen molar-refractivity contribution in [2.24, 2.45) is 23.2 Å². The van der Waals surface area contributed by atoms with Crippen LogP contribution in [0.15, 0.2) is 0 Å². The Morgan fingerprint density at radius 2 is 1.70 bits per heavy atom. The first-order valence-electron chi connectivity index (χ1n) is 10.5. The lowest BCUT2D eigenvalue weighted by atomic mass is 9.49. The fourth-order valence-corrected chi connectivity index (χ4v) is 6.92. The molecule has 5 aliphatic rings. The van der Waals surface area contributed by atoms with Gasteiger partial charge in [0.15, 0.2) is 0 Å². The van der Waals surface area contributed by atoms with Crippen molar-refractivity contribution in [3.63, 3.8) is 0 Å². The zero-order chi connectivity index (χ0) is 18.4. The van der Waals surface area contributed by atoms with Crippen LogP contribution in [0.4, 0.5) is 5.13 Å². The van der Waals surface area contributed by atoms with E-state index in [2.05, 4.69) is 20.8 Å². The molecule has 27 heavy (non-hydrogen) atoms. The van der Waals surface area contributed by atoms with Gasteiger partial charge in [-0.05, 0) is 75.5 Å². The van der Waals surface area contributed by atoms with E-state index < -0.39 is 0 Å². The van der Waals surface area contributed by atoms with E-state index >= 15 is 0 Å².